The minimum atomic E-state index is 0.0128. The Kier molecular flexibility index (Phi) is 7.56. The predicted molar refractivity (Wildman–Crippen MR) is 77.8 cm³/mol. The summed E-state index contributed by atoms with van der Waals surface area (Å²) in [4.78, 5) is 6.10. The van der Waals surface area contributed by atoms with Gasteiger partial charge in [-0.1, -0.05) is 5.16 Å². The Morgan fingerprint density at radius 1 is 1.50 bits per heavy atom. The van der Waals surface area contributed by atoms with E-state index in [1.807, 2.05) is 20.2 Å². The summed E-state index contributed by atoms with van der Waals surface area (Å²) >= 11 is 0. The molecule has 20 heavy (non-hydrogen) atoms. The van der Waals surface area contributed by atoms with E-state index in [1.54, 1.807) is 12.3 Å². The number of nitrogens with one attached hydrogen (secondary N) is 1. The van der Waals surface area contributed by atoms with Gasteiger partial charge in [-0.3, -0.25) is 4.98 Å². The molecule has 0 aliphatic heterocycles. The van der Waals surface area contributed by atoms with Gasteiger partial charge < -0.3 is 25.9 Å². The zero-order valence-electron chi connectivity index (χ0n) is 12.0. The lowest BCUT2D eigenvalue weighted by Crippen LogP contribution is -2.23. The molecule has 1 heterocycles. The van der Waals surface area contributed by atoms with Gasteiger partial charge in [-0.15, -0.1) is 0 Å². The number of likely N-dealkylation sites (N-methyl/N-ethyl adjacent to an activating group) is 1. The normalized spacial score (nSPS) is 12.1. The summed E-state index contributed by atoms with van der Waals surface area (Å²) in [6, 6.07) is 3.67. The summed E-state index contributed by atoms with van der Waals surface area (Å²) in [7, 11) is 4.04. The van der Waals surface area contributed by atoms with E-state index in [1.165, 1.54) is 0 Å². The van der Waals surface area contributed by atoms with Crippen LogP contribution >= 0.6 is 0 Å². The second-order valence-electron chi connectivity index (χ2n) is 4.63. The molecule has 4 N–H and O–H groups in total. The van der Waals surface area contributed by atoms with Gasteiger partial charge >= 0.3 is 0 Å². The lowest BCUT2D eigenvalue weighted by atomic mass is 10.2. The van der Waals surface area contributed by atoms with Crippen LogP contribution in [0.4, 0.5) is 0 Å². The highest BCUT2D eigenvalue weighted by Crippen LogP contribution is 2.01. The molecule has 1 aromatic rings. The van der Waals surface area contributed by atoms with Gasteiger partial charge in [-0.05, 0) is 31.8 Å². The Morgan fingerprint density at radius 2 is 2.30 bits per heavy atom. The molecular formula is C13H23N5O2. The van der Waals surface area contributed by atoms with Gasteiger partial charge in [-0.25, -0.2) is 0 Å². The van der Waals surface area contributed by atoms with Crippen LogP contribution in [0.5, 0.6) is 0 Å². The van der Waals surface area contributed by atoms with E-state index in [4.69, 9.17) is 15.7 Å². The maximum absolute atomic E-state index is 8.60. The molecule has 7 nitrogen and oxygen atoms in total. The lowest BCUT2D eigenvalue weighted by Gasteiger charge is -2.10. The van der Waals surface area contributed by atoms with Crippen molar-refractivity contribution in [1.29, 1.82) is 0 Å². The van der Waals surface area contributed by atoms with Gasteiger partial charge in [0, 0.05) is 25.8 Å². The summed E-state index contributed by atoms with van der Waals surface area (Å²) in [6.07, 6.45) is 1.64. The SMILES string of the molecule is CN(C)CCOCCNCc1ccnc(/C(N)=N/O)c1. The zero-order chi connectivity index (χ0) is 14.8. The van der Waals surface area contributed by atoms with Crippen molar-refractivity contribution in [3.8, 4) is 0 Å². The number of rotatable bonds is 9. The molecule has 0 atom stereocenters. The minimum Gasteiger partial charge on any atom is -0.409 e. The van der Waals surface area contributed by atoms with Crippen LogP contribution in [0.15, 0.2) is 23.5 Å². The highest BCUT2D eigenvalue weighted by atomic mass is 16.5. The van der Waals surface area contributed by atoms with Crippen molar-refractivity contribution in [3.63, 3.8) is 0 Å². The van der Waals surface area contributed by atoms with Crippen LogP contribution in [0.2, 0.25) is 0 Å². The molecule has 0 saturated carbocycles. The van der Waals surface area contributed by atoms with Crippen molar-refractivity contribution < 1.29 is 9.94 Å². The van der Waals surface area contributed by atoms with Gasteiger partial charge in [0.15, 0.2) is 5.84 Å². The summed E-state index contributed by atoms with van der Waals surface area (Å²) in [5, 5.41) is 14.8. The lowest BCUT2D eigenvalue weighted by molar-refractivity contribution is 0.119. The Bertz CT molecular complexity index is 423. The molecule has 1 aromatic heterocycles. The van der Waals surface area contributed by atoms with E-state index in [0.29, 0.717) is 18.8 Å². The maximum atomic E-state index is 8.60. The van der Waals surface area contributed by atoms with Gasteiger partial charge in [0.05, 0.1) is 13.2 Å². The molecule has 0 aliphatic carbocycles. The molecule has 0 bridgehead atoms. The van der Waals surface area contributed by atoms with Crippen molar-refractivity contribution in [2.75, 3.05) is 40.4 Å². The maximum Gasteiger partial charge on any atom is 0.188 e. The molecule has 0 aliphatic rings. The Morgan fingerprint density at radius 3 is 3.00 bits per heavy atom. The van der Waals surface area contributed by atoms with Crippen LogP contribution in [0.25, 0.3) is 0 Å². The summed E-state index contributed by atoms with van der Waals surface area (Å²) < 4.78 is 5.47. The fraction of sp³-hybridized carbons (Fsp3) is 0.538. The highest BCUT2D eigenvalue weighted by Gasteiger charge is 2.02. The smallest absolute Gasteiger partial charge is 0.188 e. The zero-order valence-corrected chi connectivity index (χ0v) is 12.0. The van der Waals surface area contributed by atoms with E-state index in [-0.39, 0.29) is 5.84 Å². The first-order valence-electron chi connectivity index (χ1n) is 6.49. The number of hydrogen-bond donors (Lipinski definition) is 3. The van der Waals surface area contributed by atoms with Crippen LogP contribution in [-0.4, -0.2) is 61.3 Å². The Hall–Kier alpha value is -1.70. The number of pyridine rings is 1. The molecule has 0 radical (unpaired) electrons. The Labute approximate surface area is 119 Å². The molecule has 0 aromatic carbocycles. The van der Waals surface area contributed by atoms with Crippen molar-refractivity contribution in [3.05, 3.63) is 29.6 Å². The number of aromatic nitrogens is 1. The quantitative estimate of drug-likeness (QED) is 0.191. The molecule has 0 fully saturated rings. The Balaban J connectivity index is 2.22. The van der Waals surface area contributed by atoms with Crippen molar-refractivity contribution in [2.45, 2.75) is 6.54 Å². The fourth-order valence-electron chi connectivity index (χ4n) is 1.50. The summed E-state index contributed by atoms with van der Waals surface area (Å²) in [5.74, 6) is 0.0128. The van der Waals surface area contributed by atoms with Crippen molar-refractivity contribution >= 4 is 5.84 Å². The first-order chi connectivity index (χ1) is 9.63. The number of nitrogens with two attached hydrogens (primary N) is 1. The van der Waals surface area contributed by atoms with Crippen LogP contribution in [0.1, 0.15) is 11.3 Å². The van der Waals surface area contributed by atoms with Gasteiger partial charge in [0.25, 0.3) is 0 Å². The first kappa shape index (κ1) is 16.4. The fourth-order valence-corrected chi connectivity index (χ4v) is 1.50. The van der Waals surface area contributed by atoms with Crippen molar-refractivity contribution in [2.24, 2.45) is 10.9 Å². The average Bonchev–Trinajstić information content (AvgIpc) is 2.45. The molecule has 0 amide bonds. The van der Waals surface area contributed by atoms with E-state index in [0.717, 1.165) is 25.3 Å². The topological polar surface area (TPSA) is 96.0 Å². The van der Waals surface area contributed by atoms with Crippen molar-refractivity contribution in [1.82, 2.24) is 15.2 Å². The third-order valence-corrected chi connectivity index (χ3v) is 2.63. The minimum absolute atomic E-state index is 0.0128. The van der Waals surface area contributed by atoms with Gasteiger partial charge in [-0.2, -0.15) is 0 Å². The summed E-state index contributed by atoms with van der Waals surface area (Å²) in [5.41, 5.74) is 6.98. The first-order valence-corrected chi connectivity index (χ1v) is 6.49. The van der Waals surface area contributed by atoms with Crippen LogP contribution < -0.4 is 11.1 Å². The molecule has 0 saturated heterocycles. The molecule has 7 heteroatoms. The van der Waals surface area contributed by atoms with E-state index < -0.39 is 0 Å². The number of amidine groups is 1. The number of oxime groups is 1. The van der Waals surface area contributed by atoms with E-state index in [9.17, 15) is 0 Å². The van der Waals surface area contributed by atoms with E-state index >= 15 is 0 Å². The van der Waals surface area contributed by atoms with Gasteiger partial charge in [0.2, 0.25) is 0 Å². The van der Waals surface area contributed by atoms with Gasteiger partial charge in [0.1, 0.15) is 5.69 Å². The largest absolute Gasteiger partial charge is 0.409 e. The monoisotopic (exact) mass is 281 g/mol. The number of ether oxygens (including phenoxy) is 1. The number of hydrogen-bond acceptors (Lipinski definition) is 6. The third kappa shape index (κ3) is 6.46. The van der Waals surface area contributed by atoms with E-state index in [2.05, 4.69) is 20.4 Å². The van der Waals surface area contributed by atoms with Crippen LogP contribution in [0, 0.1) is 0 Å². The average molecular weight is 281 g/mol. The predicted octanol–water partition coefficient (Wildman–Crippen LogP) is -0.156. The molecule has 1 rings (SSSR count). The third-order valence-electron chi connectivity index (χ3n) is 2.63. The standard InChI is InChI=1S/C13H23N5O2/c1-18(2)6-8-20-7-5-15-10-11-3-4-16-12(9-11)13(14)17-19/h3-4,9,15,19H,5-8,10H2,1-2H3,(H2,14,17). The molecule has 0 spiro atoms. The second-order valence-corrected chi connectivity index (χ2v) is 4.63. The van der Waals surface area contributed by atoms with Crippen LogP contribution in [0.3, 0.4) is 0 Å². The molecule has 0 unspecified atom stereocenters. The molecular weight excluding hydrogens is 258 g/mol. The number of nitrogens with zero attached hydrogens (tertiary/aromatic N) is 3. The highest BCUT2D eigenvalue weighted by molar-refractivity contribution is 5.95. The molecule has 112 valence electrons. The van der Waals surface area contributed by atoms with Crippen LogP contribution in [-0.2, 0) is 11.3 Å². The summed E-state index contributed by atoms with van der Waals surface area (Å²) in [6.45, 7) is 3.79. The second kappa shape index (κ2) is 9.24.